The van der Waals surface area contributed by atoms with Crippen molar-refractivity contribution in [3.63, 3.8) is 0 Å². The van der Waals surface area contributed by atoms with Crippen molar-refractivity contribution >= 4 is 21.6 Å². The van der Waals surface area contributed by atoms with E-state index in [1.165, 1.54) is 23.2 Å². The van der Waals surface area contributed by atoms with Gasteiger partial charge in [-0.1, -0.05) is 46.3 Å². The van der Waals surface area contributed by atoms with Crippen LogP contribution in [0.3, 0.4) is 0 Å². The van der Waals surface area contributed by atoms with E-state index in [1.807, 2.05) is 0 Å². The summed E-state index contributed by atoms with van der Waals surface area (Å²) in [6, 6.07) is 17.5. The lowest BCUT2D eigenvalue weighted by atomic mass is 9.94. The van der Waals surface area contributed by atoms with Gasteiger partial charge in [0, 0.05) is 22.7 Å². The van der Waals surface area contributed by atoms with E-state index in [0.717, 1.165) is 17.4 Å². The van der Waals surface area contributed by atoms with Crippen molar-refractivity contribution in [1.82, 2.24) is 0 Å². The van der Waals surface area contributed by atoms with E-state index in [0.29, 0.717) is 0 Å². The standard InChI is InChI=1S/C18H21BrN2/c1-13(20)18(15-7-4-9-16(19)12-15)21-11-5-8-14-6-2-3-10-17(14)21/h2-4,6-7,9-10,12-13,18H,5,8,11,20H2,1H3. The van der Waals surface area contributed by atoms with Crippen molar-refractivity contribution in [2.75, 3.05) is 11.4 Å². The Morgan fingerprint density at radius 2 is 1.95 bits per heavy atom. The number of halogens is 1. The minimum atomic E-state index is 0.0745. The number of benzene rings is 2. The van der Waals surface area contributed by atoms with Gasteiger partial charge in [0.1, 0.15) is 0 Å². The van der Waals surface area contributed by atoms with Gasteiger partial charge in [-0.3, -0.25) is 0 Å². The molecule has 2 aromatic rings. The molecule has 110 valence electrons. The summed E-state index contributed by atoms with van der Waals surface area (Å²) in [5, 5.41) is 0. The molecule has 0 saturated heterocycles. The summed E-state index contributed by atoms with van der Waals surface area (Å²) < 4.78 is 1.11. The molecular formula is C18H21BrN2. The van der Waals surface area contributed by atoms with Crippen LogP contribution < -0.4 is 10.6 Å². The zero-order chi connectivity index (χ0) is 14.8. The molecular weight excluding hydrogens is 324 g/mol. The smallest absolute Gasteiger partial charge is 0.0691 e. The molecule has 0 saturated carbocycles. The van der Waals surface area contributed by atoms with Crippen molar-refractivity contribution in [1.29, 1.82) is 0 Å². The molecule has 3 heteroatoms. The van der Waals surface area contributed by atoms with E-state index in [4.69, 9.17) is 5.73 Å². The molecule has 0 aromatic heterocycles. The van der Waals surface area contributed by atoms with E-state index in [9.17, 15) is 0 Å². The second-order valence-electron chi connectivity index (χ2n) is 5.78. The molecule has 2 N–H and O–H groups in total. The van der Waals surface area contributed by atoms with E-state index in [2.05, 4.69) is 76.3 Å². The Hall–Kier alpha value is -1.32. The fourth-order valence-electron chi connectivity index (χ4n) is 3.31. The lowest BCUT2D eigenvalue weighted by Gasteiger charge is -2.40. The zero-order valence-corrected chi connectivity index (χ0v) is 13.9. The van der Waals surface area contributed by atoms with Crippen molar-refractivity contribution in [3.8, 4) is 0 Å². The fourth-order valence-corrected chi connectivity index (χ4v) is 3.73. The Kier molecular flexibility index (Phi) is 4.32. The first-order valence-corrected chi connectivity index (χ1v) is 8.31. The van der Waals surface area contributed by atoms with Gasteiger partial charge in [-0.05, 0) is 49.1 Å². The van der Waals surface area contributed by atoms with Gasteiger partial charge in [-0.2, -0.15) is 0 Å². The van der Waals surface area contributed by atoms with Gasteiger partial charge in [0.15, 0.2) is 0 Å². The molecule has 0 radical (unpaired) electrons. The van der Waals surface area contributed by atoms with Crippen molar-refractivity contribution in [2.24, 2.45) is 5.73 Å². The zero-order valence-electron chi connectivity index (χ0n) is 12.3. The molecule has 1 heterocycles. The van der Waals surface area contributed by atoms with Crippen LogP contribution in [-0.4, -0.2) is 12.6 Å². The summed E-state index contributed by atoms with van der Waals surface area (Å²) in [7, 11) is 0. The number of para-hydroxylation sites is 1. The maximum atomic E-state index is 6.35. The van der Waals surface area contributed by atoms with Crippen molar-refractivity contribution in [3.05, 3.63) is 64.1 Å². The van der Waals surface area contributed by atoms with E-state index < -0.39 is 0 Å². The first kappa shape index (κ1) is 14.6. The summed E-state index contributed by atoms with van der Waals surface area (Å²) in [5.74, 6) is 0. The van der Waals surface area contributed by atoms with Crippen molar-refractivity contribution < 1.29 is 0 Å². The monoisotopic (exact) mass is 344 g/mol. The third kappa shape index (κ3) is 2.99. The fraction of sp³-hybridized carbons (Fsp3) is 0.333. The third-order valence-corrected chi connectivity index (χ3v) is 4.66. The number of hydrogen-bond acceptors (Lipinski definition) is 2. The minimum Gasteiger partial charge on any atom is -0.363 e. The molecule has 2 unspecified atom stereocenters. The maximum Gasteiger partial charge on any atom is 0.0691 e. The molecule has 1 aliphatic heterocycles. The minimum absolute atomic E-state index is 0.0745. The summed E-state index contributed by atoms with van der Waals surface area (Å²) in [4.78, 5) is 2.48. The first-order chi connectivity index (χ1) is 10.2. The molecule has 2 aromatic carbocycles. The highest BCUT2D eigenvalue weighted by Crippen LogP contribution is 2.35. The highest BCUT2D eigenvalue weighted by molar-refractivity contribution is 9.10. The predicted molar refractivity (Wildman–Crippen MR) is 92.6 cm³/mol. The molecule has 21 heavy (non-hydrogen) atoms. The Morgan fingerprint density at radius 1 is 1.14 bits per heavy atom. The van der Waals surface area contributed by atoms with Crippen LogP contribution >= 0.6 is 15.9 Å². The number of anilines is 1. The molecule has 2 atom stereocenters. The number of fused-ring (bicyclic) bond motifs is 1. The van der Waals surface area contributed by atoms with Crippen molar-refractivity contribution in [2.45, 2.75) is 31.8 Å². The van der Waals surface area contributed by atoms with Gasteiger partial charge in [0.25, 0.3) is 0 Å². The first-order valence-electron chi connectivity index (χ1n) is 7.52. The van der Waals surface area contributed by atoms with Gasteiger partial charge in [0.2, 0.25) is 0 Å². The van der Waals surface area contributed by atoms with E-state index in [1.54, 1.807) is 0 Å². The molecule has 0 spiro atoms. The number of nitrogens with two attached hydrogens (primary N) is 1. The maximum absolute atomic E-state index is 6.35. The molecule has 0 fully saturated rings. The van der Waals surface area contributed by atoms with E-state index >= 15 is 0 Å². The lowest BCUT2D eigenvalue weighted by Crippen LogP contribution is -2.42. The second-order valence-corrected chi connectivity index (χ2v) is 6.70. The van der Waals surface area contributed by atoms with Crippen LogP contribution in [0.4, 0.5) is 5.69 Å². The summed E-state index contributed by atoms with van der Waals surface area (Å²) in [5.41, 5.74) is 10.4. The Balaban J connectivity index is 2.03. The Labute approximate surface area is 135 Å². The summed E-state index contributed by atoms with van der Waals surface area (Å²) in [6.45, 7) is 3.17. The van der Waals surface area contributed by atoms with Gasteiger partial charge in [-0.25, -0.2) is 0 Å². The third-order valence-electron chi connectivity index (χ3n) is 4.17. The highest BCUT2D eigenvalue weighted by Gasteiger charge is 2.27. The lowest BCUT2D eigenvalue weighted by molar-refractivity contribution is 0.510. The van der Waals surface area contributed by atoms with Crippen LogP contribution in [0.1, 0.15) is 30.5 Å². The van der Waals surface area contributed by atoms with Crippen LogP contribution in [0, 0.1) is 0 Å². The summed E-state index contributed by atoms with van der Waals surface area (Å²) in [6.07, 6.45) is 2.35. The predicted octanol–water partition coefficient (Wildman–Crippen LogP) is 4.29. The average Bonchev–Trinajstić information content (AvgIpc) is 2.47. The second kappa shape index (κ2) is 6.20. The van der Waals surface area contributed by atoms with Crippen LogP contribution in [0.25, 0.3) is 0 Å². The largest absolute Gasteiger partial charge is 0.363 e. The molecule has 0 amide bonds. The number of rotatable bonds is 3. The average molecular weight is 345 g/mol. The molecule has 0 bridgehead atoms. The Bertz CT molecular complexity index is 624. The highest BCUT2D eigenvalue weighted by atomic mass is 79.9. The summed E-state index contributed by atoms with van der Waals surface area (Å²) >= 11 is 3.58. The van der Waals surface area contributed by atoms with Gasteiger partial charge in [0.05, 0.1) is 6.04 Å². The number of hydrogen-bond donors (Lipinski definition) is 1. The number of aryl methyl sites for hydroxylation is 1. The molecule has 2 nitrogen and oxygen atoms in total. The quantitative estimate of drug-likeness (QED) is 0.899. The molecule has 0 aliphatic carbocycles. The topological polar surface area (TPSA) is 29.3 Å². The normalized spacial score (nSPS) is 17.2. The molecule has 1 aliphatic rings. The Morgan fingerprint density at radius 3 is 2.71 bits per heavy atom. The van der Waals surface area contributed by atoms with Crippen LogP contribution in [0.15, 0.2) is 53.0 Å². The van der Waals surface area contributed by atoms with Crippen LogP contribution in [0.2, 0.25) is 0 Å². The number of nitrogens with zero attached hydrogens (tertiary/aromatic N) is 1. The molecule has 3 rings (SSSR count). The van der Waals surface area contributed by atoms with Gasteiger partial charge in [-0.15, -0.1) is 0 Å². The van der Waals surface area contributed by atoms with E-state index in [-0.39, 0.29) is 12.1 Å². The van der Waals surface area contributed by atoms with Gasteiger partial charge < -0.3 is 10.6 Å². The SMILES string of the molecule is CC(N)C(c1cccc(Br)c1)N1CCCc2ccccc21. The van der Waals surface area contributed by atoms with Gasteiger partial charge >= 0.3 is 0 Å². The van der Waals surface area contributed by atoms with Crippen LogP contribution in [0.5, 0.6) is 0 Å². The van der Waals surface area contributed by atoms with Crippen LogP contribution in [-0.2, 0) is 6.42 Å².